The standard InChI is InChI=1S/C16H31N3O2/c1-4-21-14-6-9-19(10-7-14)13-5-8-16(11-13,15(17)20)18-12(2)3/h12-14,18H,4-11H2,1-3H3,(H2,17,20). The molecule has 2 aliphatic rings. The van der Waals surface area contributed by atoms with E-state index in [-0.39, 0.29) is 11.9 Å². The molecular weight excluding hydrogens is 266 g/mol. The van der Waals surface area contributed by atoms with Crippen molar-refractivity contribution in [2.75, 3.05) is 19.7 Å². The highest BCUT2D eigenvalue weighted by Gasteiger charge is 2.46. The minimum absolute atomic E-state index is 0.192. The van der Waals surface area contributed by atoms with Crippen molar-refractivity contribution in [3.05, 3.63) is 0 Å². The predicted molar refractivity (Wildman–Crippen MR) is 84.1 cm³/mol. The molecule has 1 saturated heterocycles. The Morgan fingerprint density at radius 3 is 2.57 bits per heavy atom. The minimum Gasteiger partial charge on any atom is -0.378 e. The highest BCUT2D eigenvalue weighted by molar-refractivity contribution is 5.85. The van der Waals surface area contributed by atoms with Crippen LogP contribution in [0.25, 0.3) is 0 Å². The molecule has 122 valence electrons. The molecular formula is C16H31N3O2. The highest BCUT2D eigenvalue weighted by atomic mass is 16.5. The molecule has 0 radical (unpaired) electrons. The first-order valence-corrected chi connectivity index (χ1v) is 8.40. The molecule has 1 aliphatic heterocycles. The Hall–Kier alpha value is -0.650. The van der Waals surface area contributed by atoms with Crippen LogP contribution in [0, 0.1) is 0 Å². The monoisotopic (exact) mass is 297 g/mol. The third-order valence-corrected chi connectivity index (χ3v) is 4.92. The average molecular weight is 297 g/mol. The van der Waals surface area contributed by atoms with E-state index in [0.717, 1.165) is 51.8 Å². The van der Waals surface area contributed by atoms with E-state index in [0.29, 0.717) is 12.1 Å². The van der Waals surface area contributed by atoms with Crippen LogP contribution in [0.5, 0.6) is 0 Å². The van der Waals surface area contributed by atoms with E-state index in [1.165, 1.54) is 0 Å². The van der Waals surface area contributed by atoms with Crippen LogP contribution in [0.15, 0.2) is 0 Å². The number of nitrogens with zero attached hydrogens (tertiary/aromatic N) is 1. The summed E-state index contributed by atoms with van der Waals surface area (Å²) in [6.07, 6.45) is 5.39. The Balaban J connectivity index is 1.91. The molecule has 5 nitrogen and oxygen atoms in total. The molecule has 1 aliphatic carbocycles. The Morgan fingerprint density at radius 1 is 1.38 bits per heavy atom. The Morgan fingerprint density at radius 2 is 2.05 bits per heavy atom. The number of nitrogens with two attached hydrogens (primary N) is 1. The summed E-state index contributed by atoms with van der Waals surface area (Å²) in [5.74, 6) is -0.192. The van der Waals surface area contributed by atoms with Gasteiger partial charge in [0, 0.05) is 31.8 Å². The van der Waals surface area contributed by atoms with Crippen LogP contribution in [0.2, 0.25) is 0 Å². The van der Waals surface area contributed by atoms with Crippen molar-refractivity contribution < 1.29 is 9.53 Å². The van der Waals surface area contributed by atoms with E-state index in [9.17, 15) is 4.79 Å². The predicted octanol–water partition coefficient (Wildman–Crippen LogP) is 1.26. The Kier molecular flexibility index (Phi) is 5.63. The molecule has 1 heterocycles. The summed E-state index contributed by atoms with van der Waals surface area (Å²) in [4.78, 5) is 14.5. The zero-order valence-corrected chi connectivity index (χ0v) is 13.7. The van der Waals surface area contributed by atoms with Gasteiger partial charge in [-0.05, 0) is 52.9 Å². The smallest absolute Gasteiger partial charge is 0.237 e. The van der Waals surface area contributed by atoms with Crippen LogP contribution in [-0.2, 0) is 9.53 Å². The molecule has 0 aromatic heterocycles. The summed E-state index contributed by atoms with van der Waals surface area (Å²) in [5.41, 5.74) is 5.19. The molecule has 1 saturated carbocycles. The molecule has 3 N–H and O–H groups in total. The quantitative estimate of drug-likeness (QED) is 0.774. The van der Waals surface area contributed by atoms with E-state index in [1.807, 2.05) is 0 Å². The molecule has 5 heteroatoms. The zero-order chi connectivity index (χ0) is 15.5. The van der Waals surface area contributed by atoms with Crippen molar-refractivity contribution in [1.82, 2.24) is 10.2 Å². The van der Waals surface area contributed by atoms with E-state index in [4.69, 9.17) is 10.5 Å². The third-order valence-electron chi connectivity index (χ3n) is 4.92. The molecule has 2 atom stereocenters. The van der Waals surface area contributed by atoms with Gasteiger partial charge in [0.1, 0.15) is 0 Å². The van der Waals surface area contributed by atoms with Crippen LogP contribution >= 0.6 is 0 Å². The van der Waals surface area contributed by atoms with Gasteiger partial charge in [0.15, 0.2) is 0 Å². The number of carbonyl (C=O) groups is 1. The lowest BCUT2D eigenvalue weighted by molar-refractivity contribution is -0.124. The van der Waals surface area contributed by atoms with Crippen LogP contribution in [0.4, 0.5) is 0 Å². The second-order valence-corrected chi connectivity index (χ2v) is 6.83. The minimum atomic E-state index is -0.504. The van der Waals surface area contributed by atoms with Gasteiger partial charge in [0.05, 0.1) is 11.6 Å². The summed E-state index contributed by atoms with van der Waals surface area (Å²) in [6.45, 7) is 9.16. The fourth-order valence-electron chi connectivity index (χ4n) is 3.95. The van der Waals surface area contributed by atoms with Crippen LogP contribution in [0.1, 0.15) is 52.9 Å². The van der Waals surface area contributed by atoms with Gasteiger partial charge < -0.3 is 20.7 Å². The van der Waals surface area contributed by atoms with Crippen molar-refractivity contribution in [3.63, 3.8) is 0 Å². The number of likely N-dealkylation sites (tertiary alicyclic amines) is 1. The van der Waals surface area contributed by atoms with Crippen LogP contribution in [0.3, 0.4) is 0 Å². The van der Waals surface area contributed by atoms with Crippen LogP contribution < -0.4 is 11.1 Å². The number of ether oxygens (including phenoxy) is 1. The number of amides is 1. The summed E-state index contributed by atoms with van der Waals surface area (Å²) in [6, 6.07) is 0.756. The summed E-state index contributed by atoms with van der Waals surface area (Å²) in [7, 11) is 0. The number of primary amides is 1. The molecule has 0 aromatic carbocycles. The van der Waals surface area contributed by atoms with Crippen molar-refractivity contribution in [2.45, 2.75) is 76.6 Å². The molecule has 21 heavy (non-hydrogen) atoms. The van der Waals surface area contributed by atoms with Gasteiger partial charge in [-0.15, -0.1) is 0 Å². The molecule has 2 fully saturated rings. The Bertz CT molecular complexity index is 353. The van der Waals surface area contributed by atoms with Gasteiger partial charge in [-0.25, -0.2) is 0 Å². The summed E-state index contributed by atoms with van der Waals surface area (Å²) < 4.78 is 5.71. The number of hydrogen-bond acceptors (Lipinski definition) is 4. The maximum absolute atomic E-state index is 11.9. The van der Waals surface area contributed by atoms with Gasteiger partial charge >= 0.3 is 0 Å². The fraction of sp³-hybridized carbons (Fsp3) is 0.938. The second kappa shape index (κ2) is 7.07. The maximum Gasteiger partial charge on any atom is 0.237 e. The topological polar surface area (TPSA) is 67.6 Å². The molecule has 0 bridgehead atoms. The van der Waals surface area contributed by atoms with Gasteiger partial charge in [0.2, 0.25) is 5.91 Å². The first kappa shape index (κ1) is 16.7. The normalized spacial score (nSPS) is 31.9. The fourth-order valence-corrected chi connectivity index (χ4v) is 3.95. The van der Waals surface area contributed by atoms with E-state index < -0.39 is 5.54 Å². The molecule has 2 rings (SSSR count). The van der Waals surface area contributed by atoms with Gasteiger partial charge in [-0.2, -0.15) is 0 Å². The first-order valence-electron chi connectivity index (χ1n) is 8.40. The van der Waals surface area contributed by atoms with Crippen molar-refractivity contribution >= 4 is 5.91 Å². The number of piperidine rings is 1. The highest BCUT2D eigenvalue weighted by Crippen LogP contribution is 2.35. The van der Waals surface area contributed by atoms with E-state index in [1.54, 1.807) is 0 Å². The Labute approximate surface area is 128 Å². The van der Waals surface area contributed by atoms with Gasteiger partial charge in [-0.3, -0.25) is 4.79 Å². The molecule has 1 amide bonds. The molecule has 0 aromatic rings. The van der Waals surface area contributed by atoms with Crippen molar-refractivity contribution in [1.29, 1.82) is 0 Å². The number of carbonyl (C=O) groups excluding carboxylic acids is 1. The van der Waals surface area contributed by atoms with Gasteiger partial charge in [0.25, 0.3) is 0 Å². The maximum atomic E-state index is 11.9. The number of hydrogen-bond donors (Lipinski definition) is 2. The zero-order valence-electron chi connectivity index (χ0n) is 13.7. The summed E-state index contributed by atoms with van der Waals surface area (Å²) >= 11 is 0. The molecule has 0 spiro atoms. The van der Waals surface area contributed by atoms with E-state index in [2.05, 4.69) is 31.0 Å². The lowest BCUT2D eigenvalue weighted by atomic mass is 9.94. The first-order chi connectivity index (χ1) is 9.97. The van der Waals surface area contributed by atoms with Crippen LogP contribution in [-0.4, -0.2) is 54.2 Å². The second-order valence-electron chi connectivity index (χ2n) is 6.83. The third kappa shape index (κ3) is 3.96. The lowest BCUT2D eigenvalue weighted by Crippen LogP contribution is -2.57. The average Bonchev–Trinajstić information content (AvgIpc) is 2.85. The van der Waals surface area contributed by atoms with E-state index >= 15 is 0 Å². The van der Waals surface area contributed by atoms with Crippen molar-refractivity contribution in [3.8, 4) is 0 Å². The largest absolute Gasteiger partial charge is 0.378 e. The summed E-state index contributed by atoms with van der Waals surface area (Å²) in [5, 5.41) is 3.43. The molecule has 2 unspecified atom stereocenters. The number of rotatable bonds is 6. The van der Waals surface area contributed by atoms with Gasteiger partial charge in [-0.1, -0.05) is 0 Å². The lowest BCUT2D eigenvalue weighted by Gasteiger charge is -2.37. The number of nitrogens with one attached hydrogen (secondary N) is 1. The SMILES string of the molecule is CCOC1CCN(C2CCC(NC(C)C)(C(N)=O)C2)CC1. The van der Waals surface area contributed by atoms with Crippen molar-refractivity contribution in [2.24, 2.45) is 5.73 Å².